The minimum atomic E-state index is -0.468. The summed E-state index contributed by atoms with van der Waals surface area (Å²) in [5, 5.41) is 18.6. The number of nitrogens with zero attached hydrogens (tertiary/aromatic N) is 2. The molecule has 1 aliphatic rings. The Balaban J connectivity index is 2.38. The molecular formula is C13H14N4O2. The summed E-state index contributed by atoms with van der Waals surface area (Å²) in [7, 11) is 0. The van der Waals surface area contributed by atoms with Crippen molar-refractivity contribution in [3.63, 3.8) is 0 Å². The first-order valence-electron chi connectivity index (χ1n) is 5.82. The second-order valence-electron chi connectivity index (χ2n) is 4.25. The number of hydrogen-bond acceptors (Lipinski definition) is 5. The summed E-state index contributed by atoms with van der Waals surface area (Å²) in [6.07, 6.45) is 1.63. The zero-order chi connectivity index (χ0) is 14.0. The van der Waals surface area contributed by atoms with Gasteiger partial charge in [-0.05, 0) is 31.2 Å². The van der Waals surface area contributed by atoms with Crippen LogP contribution in [0.1, 0.15) is 12.0 Å². The molecule has 2 rings (SSSR count). The minimum absolute atomic E-state index is 0.00150. The molecule has 98 valence electrons. The van der Waals surface area contributed by atoms with Gasteiger partial charge in [0.05, 0.1) is 17.3 Å². The Hall–Kier alpha value is -2.52. The van der Waals surface area contributed by atoms with Crippen molar-refractivity contribution >= 4 is 17.3 Å². The number of anilines is 2. The molecule has 0 aliphatic carbocycles. The summed E-state index contributed by atoms with van der Waals surface area (Å²) in [5.74, 6) is -0.321. The molecule has 6 heteroatoms. The van der Waals surface area contributed by atoms with Gasteiger partial charge in [0, 0.05) is 11.8 Å². The Bertz CT molecular complexity index is 589. The number of aliphatic hydroxyl groups excluding tert-OH is 1. The Morgan fingerprint density at radius 3 is 2.79 bits per heavy atom. The van der Waals surface area contributed by atoms with Crippen molar-refractivity contribution in [2.75, 3.05) is 17.2 Å². The number of hydrogen-bond donors (Lipinski definition) is 3. The number of amides is 1. The van der Waals surface area contributed by atoms with Crippen molar-refractivity contribution in [3.05, 3.63) is 35.6 Å². The van der Waals surface area contributed by atoms with Crippen molar-refractivity contribution in [2.45, 2.75) is 12.5 Å². The summed E-state index contributed by atoms with van der Waals surface area (Å²) in [6, 6.07) is 6.22. The fourth-order valence-corrected chi connectivity index (χ4v) is 2.12. The highest BCUT2D eigenvalue weighted by Gasteiger charge is 2.33. The molecule has 1 unspecified atom stereocenters. The first-order valence-corrected chi connectivity index (χ1v) is 5.82. The summed E-state index contributed by atoms with van der Waals surface area (Å²) < 4.78 is 0. The van der Waals surface area contributed by atoms with E-state index in [4.69, 9.17) is 16.7 Å². The topological polar surface area (TPSA) is 116 Å². The third-order valence-corrected chi connectivity index (χ3v) is 3.04. The van der Waals surface area contributed by atoms with Crippen molar-refractivity contribution < 1.29 is 9.90 Å². The Labute approximate surface area is 110 Å². The van der Waals surface area contributed by atoms with E-state index in [1.54, 1.807) is 18.2 Å². The van der Waals surface area contributed by atoms with Crippen LogP contribution in [0.15, 0.2) is 30.0 Å². The van der Waals surface area contributed by atoms with Gasteiger partial charge in [0.15, 0.2) is 0 Å². The van der Waals surface area contributed by atoms with Gasteiger partial charge in [-0.3, -0.25) is 9.69 Å². The first-order chi connectivity index (χ1) is 9.08. The van der Waals surface area contributed by atoms with Gasteiger partial charge in [0.2, 0.25) is 0 Å². The lowest BCUT2D eigenvalue weighted by Crippen LogP contribution is -2.36. The Morgan fingerprint density at radius 2 is 2.21 bits per heavy atom. The van der Waals surface area contributed by atoms with E-state index in [1.807, 2.05) is 6.07 Å². The highest BCUT2D eigenvalue weighted by Crippen LogP contribution is 2.29. The predicted octanol–water partition coefficient (Wildman–Crippen LogP) is 0.646. The molecular weight excluding hydrogens is 244 g/mol. The second kappa shape index (κ2) is 5.00. The number of nitrogens with two attached hydrogens (primary N) is 2. The van der Waals surface area contributed by atoms with E-state index in [2.05, 4.69) is 0 Å². The largest absolute Gasteiger partial charge is 0.510 e. The molecule has 1 atom stereocenters. The van der Waals surface area contributed by atoms with Gasteiger partial charge >= 0.3 is 0 Å². The third kappa shape index (κ3) is 2.23. The molecule has 0 radical (unpaired) electrons. The second-order valence-corrected chi connectivity index (χ2v) is 4.25. The summed E-state index contributed by atoms with van der Waals surface area (Å²) in [6.45, 7) is 0.345. The van der Waals surface area contributed by atoms with Crippen LogP contribution in [0.2, 0.25) is 0 Å². The van der Waals surface area contributed by atoms with Crippen molar-refractivity contribution in [1.29, 1.82) is 5.26 Å². The lowest BCUT2D eigenvalue weighted by molar-refractivity contribution is -0.113. The van der Waals surface area contributed by atoms with E-state index < -0.39 is 6.04 Å². The molecule has 5 N–H and O–H groups in total. The number of carbonyl (C=O) groups is 1. The zero-order valence-electron chi connectivity index (χ0n) is 10.2. The van der Waals surface area contributed by atoms with Gasteiger partial charge in [-0.2, -0.15) is 5.26 Å². The molecule has 6 nitrogen and oxygen atoms in total. The maximum Gasteiger partial charge on any atom is 0.255 e. The zero-order valence-corrected chi connectivity index (χ0v) is 10.2. The van der Waals surface area contributed by atoms with Crippen LogP contribution in [0.4, 0.5) is 11.4 Å². The highest BCUT2D eigenvalue weighted by molar-refractivity contribution is 6.05. The van der Waals surface area contributed by atoms with Crippen molar-refractivity contribution in [1.82, 2.24) is 0 Å². The fraction of sp³-hybridized carbons (Fsp3) is 0.231. The lowest BCUT2D eigenvalue weighted by atomic mass is 10.1. The number of carbonyl (C=O) groups excluding carboxylic acids is 1. The summed E-state index contributed by atoms with van der Waals surface area (Å²) in [4.78, 5) is 13.3. The smallest absolute Gasteiger partial charge is 0.255 e. The number of benzene rings is 1. The average Bonchev–Trinajstić information content (AvgIpc) is 2.65. The van der Waals surface area contributed by atoms with E-state index in [-0.39, 0.29) is 11.7 Å². The van der Waals surface area contributed by atoms with Crippen LogP contribution in [0.5, 0.6) is 0 Å². The maximum atomic E-state index is 11.9. The van der Waals surface area contributed by atoms with Crippen LogP contribution in [-0.2, 0) is 4.79 Å². The average molecular weight is 258 g/mol. The molecule has 0 aromatic heterocycles. The van der Waals surface area contributed by atoms with Crippen LogP contribution in [0.25, 0.3) is 0 Å². The number of rotatable bonds is 3. The monoisotopic (exact) mass is 258 g/mol. The van der Waals surface area contributed by atoms with Gasteiger partial charge in [-0.15, -0.1) is 0 Å². The first kappa shape index (κ1) is 12.9. The van der Waals surface area contributed by atoms with E-state index in [0.29, 0.717) is 29.9 Å². The van der Waals surface area contributed by atoms with Gasteiger partial charge < -0.3 is 16.6 Å². The third-order valence-electron chi connectivity index (χ3n) is 3.04. The van der Waals surface area contributed by atoms with Crippen molar-refractivity contribution in [2.24, 2.45) is 5.73 Å². The van der Waals surface area contributed by atoms with Crippen LogP contribution < -0.4 is 16.4 Å². The molecule has 0 saturated heterocycles. The molecule has 1 aliphatic heterocycles. The normalized spacial score (nSPS) is 18.3. The molecule has 0 fully saturated rings. The van der Waals surface area contributed by atoms with Crippen LogP contribution in [0.3, 0.4) is 0 Å². The highest BCUT2D eigenvalue weighted by atomic mass is 16.3. The van der Waals surface area contributed by atoms with E-state index >= 15 is 0 Å². The van der Waals surface area contributed by atoms with Gasteiger partial charge in [-0.25, -0.2) is 0 Å². The quantitative estimate of drug-likeness (QED) is 0.688. The maximum absolute atomic E-state index is 11.9. The minimum Gasteiger partial charge on any atom is -0.510 e. The Morgan fingerprint density at radius 1 is 1.47 bits per heavy atom. The number of nitrogen functional groups attached to an aromatic ring is 1. The molecule has 1 aromatic carbocycles. The molecule has 0 saturated carbocycles. The van der Waals surface area contributed by atoms with Crippen LogP contribution in [-0.4, -0.2) is 23.6 Å². The molecule has 0 spiro atoms. The van der Waals surface area contributed by atoms with Crippen molar-refractivity contribution in [3.8, 4) is 6.07 Å². The summed E-state index contributed by atoms with van der Waals surface area (Å²) >= 11 is 0. The fourth-order valence-electron chi connectivity index (χ4n) is 2.12. The SMILES string of the molecule is N#Cc1ccc(N2C(=O)C=C(O)C2CCN)cc1N. The van der Waals surface area contributed by atoms with Crippen LogP contribution in [0, 0.1) is 11.3 Å². The molecule has 1 heterocycles. The molecule has 1 amide bonds. The standard InChI is InChI=1S/C13H14N4O2/c14-4-3-11-12(18)6-13(19)17(11)9-2-1-8(7-15)10(16)5-9/h1-2,5-6,11,18H,3-4,14,16H2. The molecule has 0 bridgehead atoms. The predicted molar refractivity (Wildman–Crippen MR) is 71.2 cm³/mol. The van der Waals surface area contributed by atoms with E-state index in [0.717, 1.165) is 0 Å². The molecule has 1 aromatic rings. The van der Waals surface area contributed by atoms with Crippen LogP contribution >= 0.6 is 0 Å². The van der Waals surface area contributed by atoms with E-state index in [1.165, 1.54) is 11.0 Å². The van der Waals surface area contributed by atoms with Gasteiger partial charge in [0.1, 0.15) is 11.8 Å². The Kier molecular flexibility index (Phi) is 3.40. The number of aliphatic hydroxyl groups is 1. The van der Waals surface area contributed by atoms with Gasteiger partial charge in [0.25, 0.3) is 5.91 Å². The lowest BCUT2D eigenvalue weighted by Gasteiger charge is -2.25. The summed E-state index contributed by atoms with van der Waals surface area (Å²) in [5.41, 5.74) is 12.4. The van der Waals surface area contributed by atoms with E-state index in [9.17, 15) is 9.90 Å². The molecule has 19 heavy (non-hydrogen) atoms. The number of nitriles is 1. The van der Waals surface area contributed by atoms with Gasteiger partial charge in [-0.1, -0.05) is 0 Å².